The van der Waals surface area contributed by atoms with Crippen LogP contribution in [0.4, 0.5) is 4.79 Å². The zero-order chi connectivity index (χ0) is 17.3. The fourth-order valence-electron chi connectivity index (χ4n) is 2.35. The quantitative estimate of drug-likeness (QED) is 0.756. The van der Waals surface area contributed by atoms with Gasteiger partial charge in [0.05, 0.1) is 18.1 Å². The van der Waals surface area contributed by atoms with E-state index in [0.29, 0.717) is 19.8 Å². The second kappa shape index (κ2) is 9.36. The van der Waals surface area contributed by atoms with Crippen LogP contribution in [0.5, 0.6) is 0 Å². The van der Waals surface area contributed by atoms with Gasteiger partial charge < -0.3 is 19.5 Å². The van der Waals surface area contributed by atoms with E-state index in [9.17, 15) is 4.79 Å². The molecule has 0 bridgehead atoms. The zero-order valence-corrected chi connectivity index (χ0v) is 14.7. The second-order valence-corrected chi connectivity index (χ2v) is 6.48. The average molecular weight is 359 g/mol. The van der Waals surface area contributed by atoms with Crippen LogP contribution in [0.25, 0.3) is 6.08 Å². The predicted molar refractivity (Wildman–Crippen MR) is 97.2 cm³/mol. The molecule has 0 radical (unpaired) electrons. The molecule has 0 saturated carbocycles. The molecule has 1 fully saturated rings. The second-order valence-electron chi connectivity index (χ2n) is 5.54. The first-order valence-corrected chi connectivity index (χ1v) is 9.12. The van der Waals surface area contributed by atoms with Crippen LogP contribution in [-0.2, 0) is 20.8 Å². The molecule has 1 N–H and O–H groups in total. The molecule has 2 aromatic rings. The van der Waals surface area contributed by atoms with Crippen molar-refractivity contribution in [2.45, 2.75) is 19.3 Å². The number of ether oxygens (including phenoxy) is 3. The third kappa shape index (κ3) is 5.70. The minimum atomic E-state index is -0.398. The third-order valence-corrected chi connectivity index (χ3v) is 4.57. The van der Waals surface area contributed by atoms with Crippen molar-refractivity contribution >= 4 is 23.5 Å². The van der Waals surface area contributed by atoms with Crippen molar-refractivity contribution < 1.29 is 19.0 Å². The third-order valence-electron chi connectivity index (χ3n) is 3.60. The minimum absolute atomic E-state index is 0.215. The minimum Gasteiger partial charge on any atom is -0.445 e. The van der Waals surface area contributed by atoms with Crippen LogP contribution >= 0.6 is 11.3 Å². The van der Waals surface area contributed by atoms with Gasteiger partial charge in [0, 0.05) is 6.54 Å². The van der Waals surface area contributed by atoms with Gasteiger partial charge in [0.15, 0.2) is 6.29 Å². The highest BCUT2D eigenvalue weighted by Gasteiger charge is 2.19. The Kier molecular flexibility index (Phi) is 6.62. The Balaban J connectivity index is 1.32. The Morgan fingerprint density at radius 2 is 2.08 bits per heavy atom. The van der Waals surface area contributed by atoms with Crippen molar-refractivity contribution in [2.75, 3.05) is 19.8 Å². The van der Waals surface area contributed by atoms with Crippen LogP contribution in [0.2, 0.25) is 0 Å². The fraction of sp³-hybridized carbons (Fsp3) is 0.316. The molecule has 6 heteroatoms. The standard InChI is InChI=1S/C19H21NO4S/c21-19(24-13-15-6-2-1-3-7-15)20-9-5-4-8-16-12-17(25-14-16)18-22-10-11-23-18/h1-4,6-8,12,14,18H,5,9-11,13H2,(H,20,21). The van der Waals surface area contributed by atoms with Gasteiger partial charge in [0.1, 0.15) is 6.61 Å². The summed E-state index contributed by atoms with van der Waals surface area (Å²) >= 11 is 1.63. The van der Waals surface area contributed by atoms with Crippen molar-refractivity contribution in [2.24, 2.45) is 0 Å². The smallest absolute Gasteiger partial charge is 0.407 e. The first kappa shape index (κ1) is 17.7. The maximum atomic E-state index is 11.6. The molecule has 132 valence electrons. The topological polar surface area (TPSA) is 56.8 Å². The van der Waals surface area contributed by atoms with Crippen molar-refractivity contribution in [3.63, 3.8) is 0 Å². The van der Waals surface area contributed by atoms with Gasteiger partial charge >= 0.3 is 6.09 Å². The summed E-state index contributed by atoms with van der Waals surface area (Å²) in [5.74, 6) is 0. The summed E-state index contributed by atoms with van der Waals surface area (Å²) in [6.45, 7) is 2.13. The molecular formula is C19H21NO4S. The Hall–Kier alpha value is -2.15. The number of benzene rings is 1. The monoisotopic (exact) mass is 359 g/mol. The number of thiophene rings is 1. The maximum absolute atomic E-state index is 11.6. The Labute approximate surface area is 151 Å². The van der Waals surface area contributed by atoms with Crippen LogP contribution in [0.3, 0.4) is 0 Å². The fourth-order valence-corrected chi connectivity index (χ4v) is 3.22. The van der Waals surface area contributed by atoms with Crippen LogP contribution in [0.15, 0.2) is 47.9 Å². The van der Waals surface area contributed by atoms with Crippen molar-refractivity contribution in [1.82, 2.24) is 5.32 Å². The summed E-state index contributed by atoms with van der Waals surface area (Å²) in [7, 11) is 0. The number of carbonyl (C=O) groups is 1. The molecule has 0 unspecified atom stereocenters. The molecule has 3 rings (SSSR count). The van der Waals surface area contributed by atoms with Gasteiger partial charge in [-0.25, -0.2) is 4.79 Å². The summed E-state index contributed by atoms with van der Waals surface area (Å²) < 4.78 is 16.1. The Bertz CT molecular complexity index is 692. The number of carbonyl (C=O) groups excluding carboxylic acids is 1. The highest BCUT2D eigenvalue weighted by atomic mass is 32.1. The van der Waals surface area contributed by atoms with Gasteiger partial charge in [-0.1, -0.05) is 42.5 Å². The molecular weight excluding hydrogens is 338 g/mol. The molecule has 1 aliphatic rings. The molecule has 1 amide bonds. The lowest BCUT2D eigenvalue weighted by Crippen LogP contribution is -2.24. The van der Waals surface area contributed by atoms with Crippen molar-refractivity contribution in [3.05, 3.63) is 63.9 Å². The van der Waals surface area contributed by atoms with Crippen LogP contribution in [0, 0.1) is 0 Å². The van der Waals surface area contributed by atoms with E-state index in [0.717, 1.165) is 22.4 Å². The number of nitrogens with one attached hydrogen (secondary N) is 1. The Morgan fingerprint density at radius 1 is 1.28 bits per heavy atom. The number of amides is 1. The van der Waals surface area contributed by atoms with Crippen molar-refractivity contribution in [1.29, 1.82) is 0 Å². The summed E-state index contributed by atoms with van der Waals surface area (Å²) in [5, 5.41) is 4.81. The summed E-state index contributed by atoms with van der Waals surface area (Å²) in [4.78, 5) is 12.7. The van der Waals surface area contributed by atoms with E-state index in [2.05, 4.69) is 16.8 Å². The number of hydrogen-bond donors (Lipinski definition) is 1. The maximum Gasteiger partial charge on any atom is 0.407 e. The molecule has 0 aliphatic carbocycles. The van der Waals surface area contributed by atoms with E-state index in [4.69, 9.17) is 14.2 Å². The van der Waals surface area contributed by atoms with Crippen molar-refractivity contribution in [3.8, 4) is 0 Å². The van der Waals surface area contributed by atoms with Gasteiger partial charge in [-0.3, -0.25) is 0 Å². The number of alkyl carbamates (subject to hydrolysis) is 1. The van der Waals surface area contributed by atoms with E-state index in [1.54, 1.807) is 11.3 Å². The molecule has 0 atom stereocenters. The molecule has 1 aromatic heterocycles. The lowest BCUT2D eigenvalue weighted by molar-refractivity contribution is -0.0413. The first-order chi connectivity index (χ1) is 12.3. The van der Waals surface area contributed by atoms with E-state index in [1.165, 1.54) is 0 Å². The van der Waals surface area contributed by atoms with E-state index in [-0.39, 0.29) is 12.9 Å². The summed E-state index contributed by atoms with van der Waals surface area (Å²) in [5.41, 5.74) is 2.09. The highest BCUT2D eigenvalue weighted by Crippen LogP contribution is 2.29. The molecule has 1 saturated heterocycles. The van der Waals surface area contributed by atoms with Gasteiger partial charge in [0.2, 0.25) is 0 Å². The van der Waals surface area contributed by atoms with Crippen LogP contribution < -0.4 is 5.32 Å². The van der Waals surface area contributed by atoms with Gasteiger partial charge in [0.25, 0.3) is 0 Å². The van der Waals surface area contributed by atoms with E-state index in [1.807, 2.05) is 42.5 Å². The van der Waals surface area contributed by atoms with E-state index >= 15 is 0 Å². The molecule has 0 spiro atoms. The highest BCUT2D eigenvalue weighted by molar-refractivity contribution is 7.10. The summed E-state index contributed by atoms with van der Waals surface area (Å²) in [6, 6.07) is 11.7. The van der Waals surface area contributed by atoms with Gasteiger partial charge in [-0.15, -0.1) is 11.3 Å². The molecule has 1 aliphatic heterocycles. The first-order valence-electron chi connectivity index (χ1n) is 8.24. The van der Waals surface area contributed by atoms with E-state index < -0.39 is 6.09 Å². The van der Waals surface area contributed by atoms with Gasteiger partial charge in [-0.2, -0.15) is 0 Å². The molecule has 1 aromatic carbocycles. The largest absolute Gasteiger partial charge is 0.445 e. The zero-order valence-electron chi connectivity index (χ0n) is 13.9. The number of rotatable bonds is 7. The SMILES string of the molecule is O=C(NCCC=Cc1csc(C2OCCO2)c1)OCc1ccccc1. The lowest BCUT2D eigenvalue weighted by Gasteiger charge is -2.05. The lowest BCUT2D eigenvalue weighted by atomic mass is 10.2. The summed E-state index contributed by atoms with van der Waals surface area (Å²) in [6.07, 6.45) is 4.19. The molecule has 25 heavy (non-hydrogen) atoms. The van der Waals surface area contributed by atoms with Crippen LogP contribution in [0.1, 0.15) is 28.7 Å². The van der Waals surface area contributed by atoms with Gasteiger partial charge in [-0.05, 0) is 29.0 Å². The molecule has 2 heterocycles. The van der Waals surface area contributed by atoms with Crippen LogP contribution in [-0.4, -0.2) is 25.9 Å². The normalized spacial score (nSPS) is 14.9. The predicted octanol–water partition coefficient (Wildman–Crippen LogP) is 4.12. The Morgan fingerprint density at radius 3 is 2.88 bits per heavy atom. The number of hydrogen-bond acceptors (Lipinski definition) is 5. The molecule has 5 nitrogen and oxygen atoms in total. The average Bonchev–Trinajstić information content (AvgIpc) is 3.32.